The zero-order valence-electron chi connectivity index (χ0n) is 13.6. The van der Waals surface area contributed by atoms with Crippen molar-refractivity contribution < 1.29 is 9.59 Å². The Morgan fingerprint density at radius 2 is 1.86 bits per heavy atom. The number of nitrogens with two attached hydrogens (primary N) is 1. The Hall–Kier alpha value is -1.68. The highest BCUT2D eigenvalue weighted by atomic mass is 16.2. The Kier molecular flexibility index (Phi) is 5.35. The molecular formula is C18H26N2O2. The quantitative estimate of drug-likeness (QED) is 0.794. The summed E-state index contributed by atoms with van der Waals surface area (Å²) >= 11 is 0. The SMILES string of the molecule is Cc1ccc(C)c(C(=O)CCC(=O)NC2(CN)CCCC2)c1. The highest BCUT2D eigenvalue weighted by molar-refractivity contribution is 5.99. The molecule has 120 valence electrons. The lowest BCUT2D eigenvalue weighted by Gasteiger charge is -2.28. The van der Waals surface area contributed by atoms with Crippen molar-refractivity contribution in [2.75, 3.05) is 6.54 Å². The van der Waals surface area contributed by atoms with Crippen LogP contribution in [0, 0.1) is 13.8 Å². The number of Topliss-reactive ketones (excluding diaryl/α,β-unsaturated/α-hetero) is 1. The first kappa shape index (κ1) is 16.7. The second-order valence-electron chi connectivity index (χ2n) is 6.48. The van der Waals surface area contributed by atoms with Crippen molar-refractivity contribution in [3.05, 3.63) is 34.9 Å². The van der Waals surface area contributed by atoms with Crippen molar-refractivity contribution >= 4 is 11.7 Å². The van der Waals surface area contributed by atoms with Crippen LogP contribution in [0.1, 0.15) is 60.0 Å². The van der Waals surface area contributed by atoms with Crippen LogP contribution in [0.4, 0.5) is 0 Å². The van der Waals surface area contributed by atoms with Gasteiger partial charge in [-0.1, -0.05) is 30.5 Å². The fraction of sp³-hybridized carbons (Fsp3) is 0.556. The number of benzene rings is 1. The molecule has 0 bridgehead atoms. The second kappa shape index (κ2) is 7.05. The van der Waals surface area contributed by atoms with E-state index in [1.165, 1.54) is 0 Å². The molecule has 0 spiro atoms. The first-order valence-electron chi connectivity index (χ1n) is 8.07. The Bertz CT molecular complexity index is 560. The van der Waals surface area contributed by atoms with Gasteiger partial charge in [-0.2, -0.15) is 0 Å². The molecule has 0 heterocycles. The summed E-state index contributed by atoms with van der Waals surface area (Å²) in [5, 5.41) is 3.06. The van der Waals surface area contributed by atoms with Crippen LogP contribution in [0.25, 0.3) is 0 Å². The van der Waals surface area contributed by atoms with E-state index in [9.17, 15) is 9.59 Å². The average molecular weight is 302 g/mol. The van der Waals surface area contributed by atoms with Crippen LogP contribution in [0.3, 0.4) is 0 Å². The summed E-state index contributed by atoms with van der Waals surface area (Å²) in [4.78, 5) is 24.4. The lowest BCUT2D eigenvalue weighted by atomic mass is 9.96. The molecule has 1 aromatic rings. The van der Waals surface area contributed by atoms with E-state index in [0.717, 1.165) is 42.4 Å². The van der Waals surface area contributed by atoms with E-state index in [0.29, 0.717) is 6.54 Å². The zero-order valence-corrected chi connectivity index (χ0v) is 13.6. The van der Waals surface area contributed by atoms with Gasteiger partial charge in [0.25, 0.3) is 0 Å². The predicted octanol–water partition coefficient (Wildman–Crippen LogP) is 2.65. The summed E-state index contributed by atoms with van der Waals surface area (Å²) in [6.45, 7) is 4.37. The largest absolute Gasteiger partial charge is 0.349 e. The fourth-order valence-electron chi connectivity index (χ4n) is 3.19. The maximum absolute atomic E-state index is 12.3. The van der Waals surface area contributed by atoms with E-state index < -0.39 is 0 Å². The number of aryl methyl sites for hydroxylation is 2. The molecule has 0 unspecified atom stereocenters. The van der Waals surface area contributed by atoms with Gasteiger partial charge in [0.1, 0.15) is 0 Å². The maximum Gasteiger partial charge on any atom is 0.220 e. The van der Waals surface area contributed by atoms with Crippen LogP contribution in [0.15, 0.2) is 18.2 Å². The molecule has 1 amide bonds. The summed E-state index contributed by atoms with van der Waals surface area (Å²) < 4.78 is 0. The highest BCUT2D eigenvalue weighted by Gasteiger charge is 2.33. The molecule has 1 saturated carbocycles. The highest BCUT2D eigenvalue weighted by Crippen LogP contribution is 2.28. The molecular weight excluding hydrogens is 276 g/mol. The third kappa shape index (κ3) is 3.95. The van der Waals surface area contributed by atoms with Crippen LogP contribution in [0.5, 0.6) is 0 Å². The molecule has 0 atom stereocenters. The molecule has 1 aromatic carbocycles. The van der Waals surface area contributed by atoms with Gasteiger partial charge >= 0.3 is 0 Å². The third-order valence-corrected chi connectivity index (χ3v) is 4.63. The van der Waals surface area contributed by atoms with Crippen LogP contribution in [0.2, 0.25) is 0 Å². The van der Waals surface area contributed by atoms with Gasteiger partial charge in [0, 0.05) is 24.9 Å². The molecule has 2 rings (SSSR count). The van der Waals surface area contributed by atoms with Gasteiger partial charge in [0.05, 0.1) is 5.54 Å². The number of nitrogens with one attached hydrogen (secondary N) is 1. The van der Waals surface area contributed by atoms with Crippen molar-refractivity contribution in [2.45, 2.75) is 57.9 Å². The smallest absolute Gasteiger partial charge is 0.220 e. The molecule has 0 radical (unpaired) electrons. The monoisotopic (exact) mass is 302 g/mol. The molecule has 1 aliphatic rings. The summed E-state index contributed by atoms with van der Waals surface area (Å²) in [6, 6.07) is 5.84. The molecule has 1 fully saturated rings. The summed E-state index contributed by atoms with van der Waals surface area (Å²) in [7, 11) is 0. The van der Waals surface area contributed by atoms with Gasteiger partial charge in [0.2, 0.25) is 5.91 Å². The average Bonchev–Trinajstić information content (AvgIpc) is 2.96. The Balaban J connectivity index is 1.90. The fourth-order valence-corrected chi connectivity index (χ4v) is 3.19. The van der Waals surface area contributed by atoms with Crippen molar-refractivity contribution in [3.63, 3.8) is 0 Å². The molecule has 0 aliphatic heterocycles. The minimum absolute atomic E-state index is 0.0320. The van der Waals surface area contributed by atoms with E-state index in [4.69, 9.17) is 5.73 Å². The minimum Gasteiger partial charge on any atom is -0.349 e. The number of carbonyl (C=O) groups is 2. The van der Waals surface area contributed by atoms with E-state index in [-0.39, 0.29) is 30.1 Å². The molecule has 1 aliphatic carbocycles. The molecule has 0 aromatic heterocycles. The van der Waals surface area contributed by atoms with Gasteiger partial charge < -0.3 is 11.1 Å². The van der Waals surface area contributed by atoms with E-state index in [1.807, 2.05) is 32.0 Å². The van der Waals surface area contributed by atoms with Gasteiger partial charge in [-0.05, 0) is 38.3 Å². The number of hydrogen-bond donors (Lipinski definition) is 2. The number of ketones is 1. The van der Waals surface area contributed by atoms with Crippen LogP contribution < -0.4 is 11.1 Å². The van der Waals surface area contributed by atoms with Crippen molar-refractivity contribution in [1.29, 1.82) is 0 Å². The Labute approximate surface area is 132 Å². The Morgan fingerprint density at radius 3 is 2.50 bits per heavy atom. The lowest BCUT2D eigenvalue weighted by Crippen LogP contribution is -2.51. The van der Waals surface area contributed by atoms with Crippen LogP contribution in [-0.4, -0.2) is 23.8 Å². The summed E-state index contributed by atoms with van der Waals surface area (Å²) in [6.07, 6.45) is 4.59. The van der Waals surface area contributed by atoms with Crippen molar-refractivity contribution in [2.24, 2.45) is 5.73 Å². The van der Waals surface area contributed by atoms with Gasteiger partial charge in [-0.25, -0.2) is 0 Å². The van der Waals surface area contributed by atoms with Crippen LogP contribution in [-0.2, 0) is 4.79 Å². The molecule has 3 N–H and O–H groups in total. The Morgan fingerprint density at radius 1 is 1.18 bits per heavy atom. The van der Waals surface area contributed by atoms with Gasteiger partial charge in [-0.15, -0.1) is 0 Å². The van der Waals surface area contributed by atoms with Crippen molar-refractivity contribution in [1.82, 2.24) is 5.32 Å². The third-order valence-electron chi connectivity index (χ3n) is 4.63. The van der Waals surface area contributed by atoms with Gasteiger partial charge in [0.15, 0.2) is 5.78 Å². The molecule has 4 nitrogen and oxygen atoms in total. The summed E-state index contributed by atoms with van der Waals surface area (Å²) in [5.74, 6) is -0.0319. The lowest BCUT2D eigenvalue weighted by molar-refractivity contribution is -0.122. The van der Waals surface area contributed by atoms with E-state index >= 15 is 0 Å². The molecule has 0 saturated heterocycles. The second-order valence-corrected chi connectivity index (χ2v) is 6.48. The van der Waals surface area contributed by atoms with Crippen LogP contribution >= 0.6 is 0 Å². The van der Waals surface area contributed by atoms with E-state index in [2.05, 4.69) is 5.32 Å². The number of hydrogen-bond acceptors (Lipinski definition) is 3. The first-order valence-corrected chi connectivity index (χ1v) is 8.07. The van der Waals surface area contributed by atoms with Gasteiger partial charge in [-0.3, -0.25) is 9.59 Å². The molecule has 4 heteroatoms. The van der Waals surface area contributed by atoms with Crippen molar-refractivity contribution in [3.8, 4) is 0 Å². The number of amides is 1. The maximum atomic E-state index is 12.3. The molecule has 22 heavy (non-hydrogen) atoms. The minimum atomic E-state index is -0.237. The normalized spacial score (nSPS) is 16.5. The predicted molar refractivity (Wildman–Crippen MR) is 87.9 cm³/mol. The standard InChI is InChI=1S/C18H26N2O2/c1-13-5-6-14(2)15(11-13)16(21)7-8-17(22)20-18(12-19)9-3-4-10-18/h5-6,11H,3-4,7-10,12,19H2,1-2H3,(H,20,22). The van der Waals surface area contributed by atoms with E-state index in [1.54, 1.807) is 0 Å². The number of rotatable bonds is 6. The first-order chi connectivity index (χ1) is 10.5. The number of carbonyl (C=O) groups excluding carboxylic acids is 2. The summed E-state index contributed by atoms with van der Waals surface area (Å²) in [5.41, 5.74) is 8.33. The topological polar surface area (TPSA) is 72.2 Å². The zero-order chi connectivity index (χ0) is 16.2.